The van der Waals surface area contributed by atoms with E-state index in [4.69, 9.17) is 0 Å². The zero-order valence-corrected chi connectivity index (χ0v) is 12.3. The number of nitro benzene ring substituents is 2. The lowest BCUT2D eigenvalue weighted by Gasteiger charge is -2.04. The number of rotatable bonds is 4. The third-order valence-corrected chi connectivity index (χ3v) is 3.07. The molecule has 1 aromatic heterocycles. The van der Waals surface area contributed by atoms with Gasteiger partial charge in [-0.15, -0.1) is 0 Å². The molecule has 0 spiro atoms. The van der Waals surface area contributed by atoms with Crippen LogP contribution in [0.4, 0.5) is 17.2 Å². The number of carbonyl (C=O) groups excluding carboxylic acids is 1. The maximum Gasteiger partial charge on any atom is 0.346 e. The number of carbonyl (C=O) groups is 1. The lowest BCUT2D eigenvalue weighted by Crippen LogP contribution is -2.13. The van der Waals surface area contributed by atoms with Crippen molar-refractivity contribution in [3.63, 3.8) is 0 Å². The van der Waals surface area contributed by atoms with Gasteiger partial charge in [0.1, 0.15) is 5.82 Å². The van der Waals surface area contributed by atoms with Crippen LogP contribution in [0.5, 0.6) is 0 Å². The van der Waals surface area contributed by atoms with Gasteiger partial charge in [-0.2, -0.15) is 0 Å². The lowest BCUT2D eigenvalue weighted by atomic mass is 10.1. The molecule has 1 N–H and O–H groups in total. The fourth-order valence-corrected chi connectivity index (χ4v) is 1.84. The highest BCUT2D eigenvalue weighted by atomic mass is 79.9. The van der Waals surface area contributed by atoms with E-state index in [1.165, 1.54) is 12.3 Å². The maximum atomic E-state index is 12.0. The first-order chi connectivity index (χ1) is 10.4. The Morgan fingerprint density at radius 2 is 1.77 bits per heavy atom. The molecule has 2 aromatic rings. The largest absolute Gasteiger partial charge is 0.346 e. The van der Waals surface area contributed by atoms with Gasteiger partial charge in [-0.05, 0) is 34.1 Å². The van der Waals surface area contributed by atoms with Crippen molar-refractivity contribution >= 4 is 39.0 Å². The van der Waals surface area contributed by atoms with Crippen LogP contribution in [-0.2, 0) is 0 Å². The number of benzene rings is 1. The molecular weight excluding hydrogens is 360 g/mol. The molecule has 1 heterocycles. The maximum absolute atomic E-state index is 12.0. The van der Waals surface area contributed by atoms with Gasteiger partial charge >= 0.3 is 11.4 Å². The Balaban J connectivity index is 2.30. The number of halogens is 1. The number of nitrogens with one attached hydrogen (secondary N) is 1. The molecule has 9 nitrogen and oxygen atoms in total. The highest BCUT2D eigenvalue weighted by Gasteiger charge is 2.25. The number of amides is 1. The minimum absolute atomic E-state index is 0.0815. The van der Waals surface area contributed by atoms with Gasteiger partial charge in [0.25, 0.3) is 5.91 Å². The molecular formula is C12H7BrN4O5. The standard InChI is InChI=1S/C12H7BrN4O5/c13-8-2-4-11(14-6-8)15-12(18)7-1-3-9(16(19)20)10(5-7)17(21)22/h1-6H,(H,14,15,18). The highest BCUT2D eigenvalue weighted by molar-refractivity contribution is 9.10. The van der Waals surface area contributed by atoms with Crippen molar-refractivity contribution in [1.29, 1.82) is 0 Å². The monoisotopic (exact) mass is 366 g/mol. The van der Waals surface area contributed by atoms with Crippen molar-refractivity contribution < 1.29 is 14.6 Å². The Labute approximate surface area is 131 Å². The van der Waals surface area contributed by atoms with E-state index in [2.05, 4.69) is 26.2 Å². The van der Waals surface area contributed by atoms with E-state index in [-0.39, 0.29) is 11.4 Å². The average Bonchev–Trinajstić information content (AvgIpc) is 2.48. The lowest BCUT2D eigenvalue weighted by molar-refractivity contribution is -0.422. The van der Waals surface area contributed by atoms with Gasteiger partial charge in [-0.1, -0.05) is 0 Å². The number of hydrogen-bond donors (Lipinski definition) is 1. The molecule has 10 heteroatoms. The smallest absolute Gasteiger partial charge is 0.307 e. The van der Waals surface area contributed by atoms with Crippen molar-refractivity contribution in [1.82, 2.24) is 4.98 Å². The molecule has 2 rings (SSSR count). The topological polar surface area (TPSA) is 128 Å². The molecule has 0 aliphatic carbocycles. The predicted octanol–water partition coefficient (Wildman–Crippen LogP) is 2.91. The second-order valence-corrected chi connectivity index (χ2v) is 4.95. The summed E-state index contributed by atoms with van der Waals surface area (Å²) in [7, 11) is 0. The fourth-order valence-electron chi connectivity index (χ4n) is 1.60. The van der Waals surface area contributed by atoms with Crippen LogP contribution in [-0.4, -0.2) is 20.7 Å². The normalized spacial score (nSPS) is 10.0. The van der Waals surface area contributed by atoms with Crippen LogP contribution >= 0.6 is 15.9 Å². The zero-order valence-electron chi connectivity index (χ0n) is 10.7. The van der Waals surface area contributed by atoms with E-state index in [0.717, 1.165) is 22.7 Å². The number of anilines is 1. The molecule has 0 atom stereocenters. The quantitative estimate of drug-likeness (QED) is 0.654. The Kier molecular flexibility index (Phi) is 4.41. The third-order valence-electron chi connectivity index (χ3n) is 2.60. The van der Waals surface area contributed by atoms with Crippen LogP contribution in [0.3, 0.4) is 0 Å². The van der Waals surface area contributed by atoms with Crippen molar-refractivity contribution in [2.24, 2.45) is 0 Å². The molecule has 0 fully saturated rings. The first kappa shape index (κ1) is 15.5. The minimum Gasteiger partial charge on any atom is -0.307 e. The molecule has 0 aliphatic heterocycles. The van der Waals surface area contributed by atoms with Gasteiger partial charge < -0.3 is 5.32 Å². The first-order valence-corrected chi connectivity index (χ1v) is 6.53. The Bertz CT molecular complexity index is 763. The van der Waals surface area contributed by atoms with Crippen LogP contribution in [0, 0.1) is 20.2 Å². The van der Waals surface area contributed by atoms with Crippen molar-refractivity contribution in [3.05, 3.63) is 66.8 Å². The zero-order chi connectivity index (χ0) is 16.3. The molecule has 1 aromatic carbocycles. The number of pyridine rings is 1. The molecule has 0 aliphatic rings. The average molecular weight is 367 g/mol. The van der Waals surface area contributed by atoms with Crippen LogP contribution in [0.15, 0.2) is 41.0 Å². The SMILES string of the molecule is O=C(Nc1ccc(Br)cn1)c1ccc([N+](=O)[O-])c([N+](=O)[O-])c1. The van der Waals surface area contributed by atoms with Gasteiger partial charge in [-0.3, -0.25) is 25.0 Å². The molecule has 1 amide bonds. The highest BCUT2D eigenvalue weighted by Crippen LogP contribution is 2.27. The molecule has 0 bridgehead atoms. The second-order valence-electron chi connectivity index (χ2n) is 4.03. The van der Waals surface area contributed by atoms with E-state index < -0.39 is 27.1 Å². The molecule has 0 saturated carbocycles. The van der Waals surface area contributed by atoms with Gasteiger partial charge in [-0.25, -0.2) is 4.98 Å². The summed E-state index contributed by atoms with van der Waals surface area (Å²) in [5.74, 6) is -0.415. The predicted molar refractivity (Wildman–Crippen MR) is 79.6 cm³/mol. The summed E-state index contributed by atoms with van der Waals surface area (Å²) in [5, 5.41) is 24.0. The Hall–Kier alpha value is -2.88. The fraction of sp³-hybridized carbons (Fsp3) is 0. The van der Waals surface area contributed by atoms with Gasteiger partial charge in [0.2, 0.25) is 0 Å². The van der Waals surface area contributed by atoms with Crippen LogP contribution < -0.4 is 5.32 Å². The number of hydrogen-bond acceptors (Lipinski definition) is 6. The summed E-state index contributed by atoms with van der Waals surface area (Å²) in [5.41, 5.74) is -1.51. The van der Waals surface area contributed by atoms with E-state index >= 15 is 0 Å². The number of aromatic nitrogens is 1. The first-order valence-electron chi connectivity index (χ1n) is 5.74. The third kappa shape index (κ3) is 3.41. The summed E-state index contributed by atoms with van der Waals surface area (Å²) in [6, 6.07) is 6.09. The summed E-state index contributed by atoms with van der Waals surface area (Å²) >= 11 is 3.19. The Morgan fingerprint density at radius 3 is 2.32 bits per heavy atom. The van der Waals surface area contributed by atoms with Crippen LogP contribution in [0.1, 0.15) is 10.4 Å². The summed E-state index contributed by atoms with van der Waals surface area (Å²) in [4.78, 5) is 35.7. The molecule has 0 radical (unpaired) electrons. The van der Waals surface area contributed by atoms with Crippen molar-refractivity contribution in [2.75, 3.05) is 5.32 Å². The van der Waals surface area contributed by atoms with Gasteiger partial charge in [0.15, 0.2) is 0 Å². The number of nitrogens with zero attached hydrogens (tertiary/aromatic N) is 3. The van der Waals surface area contributed by atoms with E-state index in [0.29, 0.717) is 0 Å². The van der Waals surface area contributed by atoms with Crippen molar-refractivity contribution in [2.45, 2.75) is 0 Å². The van der Waals surface area contributed by atoms with Gasteiger partial charge in [0, 0.05) is 28.4 Å². The second kappa shape index (κ2) is 6.26. The minimum atomic E-state index is -0.910. The summed E-state index contributed by atoms with van der Waals surface area (Å²) < 4.78 is 0.719. The molecule has 0 unspecified atom stereocenters. The summed E-state index contributed by atoms with van der Waals surface area (Å²) in [6.45, 7) is 0. The van der Waals surface area contributed by atoms with E-state index in [1.807, 2.05) is 0 Å². The number of nitro groups is 2. The molecule has 22 heavy (non-hydrogen) atoms. The summed E-state index contributed by atoms with van der Waals surface area (Å²) in [6.07, 6.45) is 1.47. The Morgan fingerprint density at radius 1 is 1.09 bits per heavy atom. The molecule has 0 saturated heterocycles. The van der Waals surface area contributed by atoms with Crippen LogP contribution in [0.2, 0.25) is 0 Å². The van der Waals surface area contributed by atoms with E-state index in [1.54, 1.807) is 6.07 Å². The van der Waals surface area contributed by atoms with E-state index in [9.17, 15) is 25.0 Å². The van der Waals surface area contributed by atoms with Crippen LogP contribution in [0.25, 0.3) is 0 Å². The van der Waals surface area contributed by atoms with Gasteiger partial charge in [0.05, 0.1) is 9.85 Å². The van der Waals surface area contributed by atoms with Crippen molar-refractivity contribution in [3.8, 4) is 0 Å². The molecule has 112 valence electrons.